The van der Waals surface area contributed by atoms with Gasteiger partial charge in [0.25, 0.3) is 5.91 Å². The zero-order valence-corrected chi connectivity index (χ0v) is 26.6. The molecule has 2 fully saturated rings. The van der Waals surface area contributed by atoms with E-state index in [1.807, 2.05) is 11.8 Å². The summed E-state index contributed by atoms with van der Waals surface area (Å²) in [7, 11) is -4.39. The third-order valence-corrected chi connectivity index (χ3v) is 10.5. The molecular weight excluding hydrogens is 596 g/mol. The number of carbonyl (C=O) groups is 3. The van der Waals surface area contributed by atoms with Crippen LogP contribution in [-0.2, 0) is 18.9 Å². The van der Waals surface area contributed by atoms with Crippen molar-refractivity contribution in [3.8, 4) is 5.75 Å². The summed E-state index contributed by atoms with van der Waals surface area (Å²) < 4.78 is 41.4. The molecule has 0 aromatic heterocycles. The van der Waals surface area contributed by atoms with Gasteiger partial charge in [-0.2, -0.15) is 0 Å². The van der Waals surface area contributed by atoms with E-state index >= 15 is 4.39 Å². The zero-order valence-electron chi connectivity index (χ0n) is 25.7. The van der Waals surface area contributed by atoms with Crippen LogP contribution in [0.5, 0.6) is 5.75 Å². The lowest BCUT2D eigenvalue weighted by atomic mass is 9.98. The van der Waals surface area contributed by atoms with Crippen molar-refractivity contribution in [2.24, 2.45) is 0 Å². The summed E-state index contributed by atoms with van der Waals surface area (Å²) in [6, 6.07) is 16.5. The smallest absolute Gasteiger partial charge is 0.355 e. The van der Waals surface area contributed by atoms with Crippen LogP contribution in [0.2, 0.25) is 0 Å². The number of alkyl halides is 1. The molecule has 0 radical (unpaired) electrons. The van der Waals surface area contributed by atoms with Gasteiger partial charge in [-0.25, -0.2) is 9.48 Å². The Balaban J connectivity index is 1.38. The van der Waals surface area contributed by atoms with E-state index in [4.69, 9.17) is 9.26 Å². The van der Waals surface area contributed by atoms with E-state index in [-0.39, 0.29) is 35.8 Å². The van der Waals surface area contributed by atoms with E-state index in [1.165, 1.54) is 19.1 Å². The predicted molar refractivity (Wildman–Crippen MR) is 171 cm³/mol. The number of halogens is 1. The first-order chi connectivity index (χ1) is 21.7. The van der Waals surface area contributed by atoms with Gasteiger partial charge in [-0.1, -0.05) is 56.2 Å². The quantitative estimate of drug-likeness (QED) is 0.178. The number of para-hydroxylation sites is 1. The Labute approximate surface area is 263 Å². The second-order valence-electron chi connectivity index (χ2n) is 11.8. The number of hydrogen-bond donors (Lipinski definition) is 2. The van der Waals surface area contributed by atoms with Crippen LogP contribution < -0.4 is 14.9 Å². The first kappa shape index (κ1) is 32.6. The van der Waals surface area contributed by atoms with Crippen molar-refractivity contribution in [3.63, 3.8) is 0 Å². The maximum absolute atomic E-state index is 16.3. The molecule has 2 aliphatic rings. The van der Waals surface area contributed by atoms with Crippen LogP contribution in [0, 0.1) is 0 Å². The largest absolute Gasteiger partial charge is 0.465 e. The molecule has 5 atom stereocenters. The van der Waals surface area contributed by atoms with Crippen molar-refractivity contribution >= 4 is 36.1 Å². The summed E-state index contributed by atoms with van der Waals surface area (Å²) >= 11 is 0. The van der Waals surface area contributed by atoms with Crippen molar-refractivity contribution in [2.45, 2.75) is 82.8 Å². The van der Waals surface area contributed by atoms with Gasteiger partial charge in [0.1, 0.15) is 17.8 Å². The molecule has 2 heterocycles. The highest BCUT2D eigenvalue weighted by molar-refractivity contribution is 7.57. The van der Waals surface area contributed by atoms with Crippen LogP contribution in [0.4, 0.5) is 4.39 Å². The van der Waals surface area contributed by atoms with Gasteiger partial charge < -0.3 is 19.5 Å². The SMILES string of the molecule is CCCOC(=O)[C@H](C)NP(=O)(Oc1ccccc1)[C@H](F)c1ccc2ccc(C(=O)NC3CCCC[C@H]4CCCN4C3=O)cc2c1. The Hall–Kier alpha value is -3.75. The van der Waals surface area contributed by atoms with Crippen molar-refractivity contribution < 1.29 is 32.6 Å². The molecule has 3 aromatic rings. The first-order valence-corrected chi connectivity index (χ1v) is 17.5. The van der Waals surface area contributed by atoms with Gasteiger partial charge in [0.2, 0.25) is 11.8 Å². The summed E-state index contributed by atoms with van der Waals surface area (Å²) in [6.45, 7) is 4.20. The molecule has 9 nitrogen and oxygen atoms in total. The average molecular weight is 638 g/mol. The molecule has 3 aromatic carbocycles. The highest BCUT2D eigenvalue weighted by atomic mass is 31.2. The molecular formula is C34H41FN3O6P. The highest BCUT2D eigenvalue weighted by Gasteiger charge is 2.41. The zero-order chi connectivity index (χ0) is 32.0. The molecule has 0 bridgehead atoms. The molecule has 5 rings (SSSR count). The number of benzene rings is 3. The lowest BCUT2D eigenvalue weighted by Gasteiger charge is -2.31. The van der Waals surface area contributed by atoms with E-state index in [1.54, 1.807) is 54.6 Å². The topological polar surface area (TPSA) is 114 Å². The Kier molecular flexibility index (Phi) is 10.6. The normalized spacial score (nSPS) is 21.1. The molecule has 2 N–H and O–H groups in total. The van der Waals surface area contributed by atoms with Crippen molar-refractivity contribution in [1.82, 2.24) is 15.3 Å². The number of amides is 2. The number of nitrogens with zero attached hydrogens (tertiary/aromatic N) is 1. The number of fused-ring (bicyclic) bond motifs is 2. The van der Waals surface area contributed by atoms with E-state index < -0.39 is 31.5 Å². The summed E-state index contributed by atoms with van der Waals surface area (Å²) in [5, 5.41) is 6.82. The van der Waals surface area contributed by atoms with Crippen molar-refractivity contribution in [3.05, 3.63) is 77.9 Å². The van der Waals surface area contributed by atoms with Crippen LogP contribution in [0.15, 0.2) is 66.7 Å². The number of nitrogens with one attached hydrogen (secondary N) is 2. The molecule has 0 saturated carbocycles. The Morgan fingerprint density at radius 1 is 1.00 bits per heavy atom. The number of rotatable bonds is 11. The van der Waals surface area contributed by atoms with E-state index in [9.17, 15) is 18.9 Å². The van der Waals surface area contributed by atoms with Crippen LogP contribution in [0.1, 0.15) is 80.6 Å². The fourth-order valence-electron chi connectivity index (χ4n) is 6.03. The lowest BCUT2D eigenvalue weighted by Crippen LogP contribution is -2.50. The predicted octanol–water partition coefficient (Wildman–Crippen LogP) is 6.67. The molecule has 11 heteroatoms. The minimum absolute atomic E-state index is 0.0247. The van der Waals surface area contributed by atoms with Crippen molar-refractivity contribution in [2.75, 3.05) is 13.2 Å². The summed E-state index contributed by atoms with van der Waals surface area (Å²) in [5.74, 6) is -3.05. The molecule has 2 unspecified atom stereocenters. The van der Waals surface area contributed by atoms with Gasteiger partial charge in [0, 0.05) is 18.2 Å². The second-order valence-corrected chi connectivity index (χ2v) is 13.9. The minimum atomic E-state index is -4.39. The molecule has 2 amide bonds. The molecule has 240 valence electrons. The van der Waals surface area contributed by atoms with E-state index in [0.717, 1.165) is 44.0 Å². The molecule has 0 spiro atoms. The standard InChI is InChI=1S/C34H41FN3O6P/c1-3-20-43-34(41)23(2)37-45(42,44-29-12-5-4-6-13-29)31(35)25-17-15-24-16-18-26(22-27(24)21-25)32(39)36-30-14-8-7-10-28-11-9-19-38(28)33(30)40/h4-6,12-13,15-18,21-23,28,30-31H,3,7-11,14,19-20H2,1-2H3,(H,36,39)(H,37,42)/t23-,28-,30?,31-,45?/m0/s1. The second kappa shape index (κ2) is 14.6. The number of ether oxygens (including phenoxy) is 1. The maximum Gasteiger partial charge on any atom is 0.355 e. The summed E-state index contributed by atoms with van der Waals surface area (Å²) in [4.78, 5) is 41.0. The van der Waals surface area contributed by atoms with Gasteiger partial charge in [-0.05, 0) is 85.7 Å². The van der Waals surface area contributed by atoms with Gasteiger partial charge in [0.15, 0.2) is 0 Å². The van der Waals surface area contributed by atoms with Gasteiger partial charge in [-0.15, -0.1) is 0 Å². The number of hydrogen-bond acceptors (Lipinski definition) is 6. The third kappa shape index (κ3) is 7.74. The number of esters is 1. The average Bonchev–Trinajstić information content (AvgIpc) is 3.51. The monoisotopic (exact) mass is 637 g/mol. The van der Waals surface area contributed by atoms with Crippen LogP contribution >= 0.6 is 7.52 Å². The van der Waals surface area contributed by atoms with E-state index in [0.29, 0.717) is 23.8 Å². The number of carbonyl (C=O) groups excluding carboxylic acids is 3. The molecule has 2 aliphatic heterocycles. The Bertz CT molecular complexity index is 1570. The first-order valence-electron chi connectivity index (χ1n) is 15.8. The fraction of sp³-hybridized carbons (Fsp3) is 0.441. The van der Waals surface area contributed by atoms with Crippen molar-refractivity contribution in [1.29, 1.82) is 0 Å². The minimum Gasteiger partial charge on any atom is -0.465 e. The highest BCUT2D eigenvalue weighted by Crippen LogP contribution is 2.58. The maximum atomic E-state index is 16.3. The van der Waals surface area contributed by atoms with Gasteiger partial charge in [0.05, 0.1) is 6.61 Å². The molecule has 45 heavy (non-hydrogen) atoms. The summed E-state index contributed by atoms with van der Waals surface area (Å²) in [5.41, 5.74) is 0.383. The fourth-order valence-corrected chi connectivity index (χ4v) is 7.94. The van der Waals surface area contributed by atoms with Gasteiger partial charge in [-0.3, -0.25) is 18.9 Å². The third-order valence-electron chi connectivity index (χ3n) is 8.40. The van der Waals surface area contributed by atoms with Gasteiger partial charge >= 0.3 is 13.5 Å². The molecule has 2 saturated heterocycles. The summed E-state index contributed by atoms with van der Waals surface area (Å²) in [6.07, 6.45) is 6.09. The molecule has 0 aliphatic carbocycles. The lowest BCUT2D eigenvalue weighted by molar-refractivity contribution is -0.145. The van der Waals surface area contributed by atoms with Crippen LogP contribution in [0.3, 0.4) is 0 Å². The Morgan fingerprint density at radius 2 is 1.73 bits per heavy atom. The van der Waals surface area contributed by atoms with Crippen LogP contribution in [0.25, 0.3) is 10.8 Å². The van der Waals surface area contributed by atoms with Crippen LogP contribution in [-0.4, -0.2) is 54.0 Å². The Morgan fingerprint density at radius 3 is 2.51 bits per heavy atom. The van der Waals surface area contributed by atoms with E-state index in [2.05, 4.69) is 10.4 Å².